The highest BCUT2D eigenvalue weighted by Gasteiger charge is 2.30. The first-order valence-electron chi connectivity index (χ1n) is 5.37. The van der Waals surface area contributed by atoms with Crippen molar-refractivity contribution in [1.82, 2.24) is 0 Å². The van der Waals surface area contributed by atoms with E-state index in [1.165, 1.54) is 6.42 Å². The zero-order valence-electron chi connectivity index (χ0n) is 9.68. The summed E-state index contributed by atoms with van der Waals surface area (Å²) in [6.45, 7) is 8.15. The lowest BCUT2D eigenvalue weighted by Gasteiger charge is -2.30. The number of Topliss-reactive ketones (excluding diaryl/α,β-unsaturated/α-hetero) is 1. The van der Waals surface area contributed by atoms with E-state index in [1.807, 2.05) is 19.9 Å². The van der Waals surface area contributed by atoms with Gasteiger partial charge in [0.05, 0.1) is 0 Å². The van der Waals surface area contributed by atoms with Crippen LogP contribution < -0.4 is 0 Å². The van der Waals surface area contributed by atoms with Crippen LogP contribution in [0.5, 0.6) is 0 Å². The van der Waals surface area contributed by atoms with Crippen LogP contribution in [0.3, 0.4) is 0 Å². The molecule has 0 amide bonds. The average Bonchev–Trinajstić information content (AvgIpc) is 2.15. The Kier molecular flexibility index (Phi) is 3.30. The molecule has 1 heteroatoms. The Hall–Kier alpha value is -0.850. The molecule has 14 heavy (non-hydrogen) atoms. The molecule has 1 rings (SSSR count). The summed E-state index contributed by atoms with van der Waals surface area (Å²) >= 11 is 0. The van der Waals surface area contributed by atoms with Crippen LogP contribution in [0.4, 0.5) is 0 Å². The second-order valence-corrected chi connectivity index (χ2v) is 4.69. The predicted octanol–water partition coefficient (Wildman–Crippen LogP) is 3.66. The van der Waals surface area contributed by atoms with Crippen molar-refractivity contribution in [3.8, 4) is 0 Å². The first kappa shape index (κ1) is 11.2. The van der Waals surface area contributed by atoms with Crippen LogP contribution >= 0.6 is 0 Å². The summed E-state index contributed by atoms with van der Waals surface area (Å²) in [7, 11) is 0. The summed E-state index contributed by atoms with van der Waals surface area (Å²) in [4.78, 5) is 12.0. The van der Waals surface area contributed by atoms with Gasteiger partial charge in [0.1, 0.15) is 0 Å². The number of hydrogen-bond acceptors (Lipinski definition) is 1. The van der Waals surface area contributed by atoms with E-state index in [0.717, 1.165) is 24.0 Å². The topological polar surface area (TPSA) is 17.1 Å². The zero-order chi connectivity index (χ0) is 10.8. The van der Waals surface area contributed by atoms with Gasteiger partial charge < -0.3 is 0 Å². The second kappa shape index (κ2) is 4.12. The Morgan fingerprint density at radius 1 is 1.50 bits per heavy atom. The van der Waals surface area contributed by atoms with Gasteiger partial charge in [0, 0.05) is 5.57 Å². The first-order valence-corrected chi connectivity index (χ1v) is 5.37. The third-order valence-corrected chi connectivity index (χ3v) is 3.12. The molecule has 1 aliphatic rings. The molecule has 0 atom stereocenters. The van der Waals surface area contributed by atoms with E-state index in [2.05, 4.69) is 19.9 Å². The predicted molar refractivity (Wildman–Crippen MR) is 60.2 cm³/mol. The van der Waals surface area contributed by atoms with Crippen LogP contribution in [0.2, 0.25) is 0 Å². The van der Waals surface area contributed by atoms with Gasteiger partial charge in [0.25, 0.3) is 0 Å². The zero-order valence-corrected chi connectivity index (χ0v) is 9.68. The molecule has 1 aliphatic carbocycles. The van der Waals surface area contributed by atoms with Crippen LogP contribution in [0.15, 0.2) is 23.3 Å². The standard InChI is InChI=1S/C13H20O/c1-5-10(2)12(14)11-8-6-7-9-13(11,3)4/h5,8H,6-7,9H2,1-4H3/b10-5+. The summed E-state index contributed by atoms with van der Waals surface area (Å²) in [5.41, 5.74) is 1.95. The first-order chi connectivity index (χ1) is 6.49. The van der Waals surface area contributed by atoms with Crippen molar-refractivity contribution in [2.75, 3.05) is 0 Å². The Morgan fingerprint density at radius 2 is 2.14 bits per heavy atom. The molecule has 0 bridgehead atoms. The van der Waals surface area contributed by atoms with Gasteiger partial charge in [-0.1, -0.05) is 26.0 Å². The van der Waals surface area contributed by atoms with Crippen LogP contribution in [-0.2, 0) is 4.79 Å². The van der Waals surface area contributed by atoms with Crippen molar-refractivity contribution in [2.45, 2.75) is 47.0 Å². The van der Waals surface area contributed by atoms with Gasteiger partial charge in [0.2, 0.25) is 0 Å². The van der Waals surface area contributed by atoms with Crippen molar-refractivity contribution in [3.63, 3.8) is 0 Å². The number of allylic oxidation sites excluding steroid dienone is 4. The summed E-state index contributed by atoms with van der Waals surface area (Å²) in [6, 6.07) is 0. The summed E-state index contributed by atoms with van der Waals surface area (Å²) in [6.07, 6.45) is 7.41. The minimum Gasteiger partial charge on any atom is -0.289 e. The van der Waals surface area contributed by atoms with Gasteiger partial charge in [-0.05, 0) is 44.1 Å². The molecule has 0 fully saturated rings. The number of carbonyl (C=O) groups excluding carboxylic acids is 1. The normalized spacial score (nSPS) is 21.7. The lowest BCUT2D eigenvalue weighted by molar-refractivity contribution is -0.113. The maximum Gasteiger partial charge on any atom is 0.184 e. The summed E-state index contributed by atoms with van der Waals surface area (Å²) in [5.74, 6) is 0.234. The molecule has 0 aliphatic heterocycles. The van der Waals surface area contributed by atoms with Gasteiger partial charge in [-0.15, -0.1) is 0 Å². The van der Waals surface area contributed by atoms with E-state index >= 15 is 0 Å². The van der Waals surface area contributed by atoms with Gasteiger partial charge in [-0.25, -0.2) is 0 Å². The number of hydrogen-bond donors (Lipinski definition) is 0. The molecule has 0 heterocycles. The van der Waals surface area contributed by atoms with Gasteiger partial charge in [-0.3, -0.25) is 4.79 Å². The smallest absolute Gasteiger partial charge is 0.184 e. The quantitative estimate of drug-likeness (QED) is 0.610. The van der Waals surface area contributed by atoms with E-state index in [0.29, 0.717) is 0 Å². The molecule has 0 aromatic carbocycles. The highest BCUT2D eigenvalue weighted by molar-refractivity contribution is 6.08. The molecule has 0 N–H and O–H groups in total. The van der Waals surface area contributed by atoms with Gasteiger partial charge >= 0.3 is 0 Å². The SMILES string of the molecule is C/C=C(\C)C(=O)C1=CCCCC1(C)C. The van der Waals surface area contributed by atoms with Crippen molar-refractivity contribution in [2.24, 2.45) is 5.41 Å². The number of rotatable bonds is 2. The molecule has 0 aromatic heterocycles. The van der Waals surface area contributed by atoms with Crippen molar-refractivity contribution in [1.29, 1.82) is 0 Å². The van der Waals surface area contributed by atoms with Crippen LogP contribution in [0, 0.1) is 5.41 Å². The lowest BCUT2D eigenvalue weighted by Crippen LogP contribution is -2.24. The molecule has 0 radical (unpaired) electrons. The van der Waals surface area contributed by atoms with E-state index in [-0.39, 0.29) is 11.2 Å². The maximum absolute atomic E-state index is 12.0. The fraction of sp³-hybridized carbons (Fsp3) is 0.615. The molecular weight excluding hydrogens is 172 g/mol. The Balaban J connectivity index is 2.97. The molecule has 78 valence electrons. The minimum absolute atomic E-state index is 0.0691. The van der Waals surface area contributed by atoms with Crippen molar-refractivity contribution in [3.05, 3.63) is 23.3 Å². The molecule has 0 saturated carbocycles. The van der Waals surface area contributed by atoms with Gasteiger partial charge in [0.15, 0.2) is 5.78 Å². The van der Waals surface area contributed by atoms with Crippen LogP contribution in [0.1, 0.15) is 47.0 Å². The highest BCUT2D eigenvalue weighted by Crippen LogP contribution is 2.37. The van der Waals surface area contributed by atoms with E-state index in [9.17, 15) is 4.79 Å². The average molecular weight is 192 g/mol. The largest absolute Gasteiger partial charge is 0.289 e. The molecule has 0 unspecified atom stereocenters. The second-order valence-electron chi connectivity index (χ2n) is 4.69. The summed E-state index contributed by atoms with van der Waals surface area (Å²) < 4.78 is 0. The third-order valence-electron chi connectivity index (χ3n) is 3.12. The monoisotopic (exact) mass is 192 g/mol. The fourth-order valence-electron chi connectivity index (χ4n) is 1.94. The van der Waals surface area contributed by atoms with Crippen molar-refractivity contribution < 1.29 is 4.79 Å². The molecular formula is C13H20O. The Labute approximate surface area is 86.9 Å². The molecule has 0 spiro atoms. The number of carbonyl (C=O) groups is 1. The van der Waals surface area contributed by atoms with E-state index in [1.54, 1.807) is 0 Å². The van der Waals surface area contributed by atoms with Crippen molar-refractivity contribution >= 4 is 5.78 Å². The third kappa shape index (κ3) is 2.14. The minimum atomic E-state index is 0.0691. The van der Waals surface area contributed by atoms with E-state index < -0.39 is 0 Å². The molecule has 0 saturated heterocycles. The Morgan fingerprint density at radius 3 is 2.64 bits per heavy atom. The molecule has 0 aromatic rings. The Bertz CT molecular complexity index is 292. The fourth-order valence-corrected chi connectivity index (χ4v) is 1.94. The summed E-state index contributed by atoms with van der Waals surface area (Å²) in [5, 5.41) is 0. The van der Waals surface area contributed by atoms with Crippen LogP contribution in [0.25, 0.3) is 0 Å². The molecule has 1 nitrogen and oxygen atoms in total. The number of ketones is 1. The van der Waals surface area contributed by atoms with E-state index in [4.69, 9.17) is 0 Å². The maximum atomic E-state index is 12.0. The van der Waals surface area contributed by atoms with Crippen LogP contribution in [-0.4, -0.2) is 5.78 Å². The lowest BCUT2D eigenvalue weighted by atomic mass is 9.73. The van der Waals surface area contributed by atoms with Gasteiger partial charge in [-0.2, -0.15) is 0 Å². The highest BCUT2D eigenvalue weighted by atomic mass is 16.1.